The van der Waals surface area contributed by atoms with Crippen molar-refractivity contribution in [3.63, 3.8) is 0 Å². The van der Waals surface area contributed by atoms with E-state index in [1.54, 1.807) is 23.1 Å². The average Bonchev–Trinajstić information content (AvgIpc) is 2.97. The number of aliphatic imine (C=N–C) groups is 1. The summed E-state index contributed by atoms with van der Waals surface area (Å²) >= 11 is 3.59. The molecular weight excluding hydrogens is 490 g/mol. The Kier molecular flexibility index (Phi) is 7.12. The van der Waals surface area contributed by atoms with Crippen molar-refractivity contribution in [1.82, 2.24) is 4.90 Å². The van der Waals surface area contributed by atoms with Crippen molar-refractivity contribution in [2.75, 3.05) is 13.1 Å². The van der Waals surface area contributed by atoms with Crippen molar-refractivity contribution in [2.45, 2.75) is 20.5 Å². The smallest absolute Gasteiger partial charge is 0.266 e. The Labute approximate surface area is 182 Å². The minimum absolute atomic E-state index is 0.0189. The summed E-state index contributed by atoms with van der Waals surface area (Å²) in [5.74, 6) is 0.384. The van der Waals surface area contributed by atoms with Gasteiger partial charge in [0.15, 0.2) is 5.17 Å². The normalized spacial score (nSPS) is 17.0. The Morgan fingerprint density at radius 1 is 1.25 bits per heavy atom. The fraction of sp³-hybridized carbons (Fsp3) is 0.238. The molecule has 0 N–H and O–H groups in total. The number of amides is 1. The molecule has 0 spiro atoms. The predicted molar refractivity (Wildman–Crippen MR) is 121 cm³/mol. The van der Waals surface area contributed by atoms with Crippen LogP contribution in [0.5, 0.6) is 5.75 Å². The number of nitrogens with zero attached hydrogens (tertiary/aromatic N) is 2. The third-order valence-corrected chi connectivity index (χ3v) is 5.98. The summed E-state index contributed by atoms with van der Waals surface area (Å²) in [6.07, 6.45) is 1.87. The standard InChI is InChI=1S/C21H20FIN2O2S/c1-3-24-21-25(4-2)20(26)19(28-21)12-14-9-10-18(17(23)11-14)27-13-15-7-5-6-8-16(15)22/h5-12H,3-4,13H2,1-2H3/b19-12-,24-21?. The molecule has 0 atom stereocenters. The fourth-order valence-corrected chi connectivity index (χ4v) is 4.49. The molecule has 7 heteroatoms. The maximum Gasteiger partial charge on any atom is 0.266 e. The summed E-state index contributed by atoms with van der Waals surface area (Å²) in [5.41, 5.74) is 1.42. The number of benzene rings is 2. The van der Waals surface area contributed by atoms with E-state index in [0.29, 0.717) is 29.3 Å². The van der Waals surface area contributed by atoms with Crippen molar-refractivity contribution >= 4 is 51.5 Å². The lowest BCUT2D eigenvalue weighted by Gasteiger charge is -2.11. The van der Waals surface area contributed by atoms with Gasteiger partial charge in [-0.05, 0) is 78.0 Å². The van der Waals surface area contributed by atoms with E-state index in [2.05, 4.69) is 27.6 Å². The molecule has 0 radical (unpaired) electrons. The highest BCUT2D eigenvalue weighted by molar-refractivity contribution is 14.1. The van der Waals surface area contributed by atoms with Crippen LogP contribution in [0.4, 0.5) is 4.39 Å². The number of likely N-dealkylation sites (N-methyl/N-ethyl adjacent to an activating group) is 1. The van der Waals surface area contributed by atoms with E-state index in [-0.39, 0.29) is 18.3 Å². The molecule has 0 saturated carbocycles. The molecule has 2 aromatic rings. The van der Waals surface area contributed by atoms with Gasteiger partial charge in [0, 0.05) is 18.7 Å². The lowest BCUT2D eigenvalue weighted by molar-refractivity contribution is -0.122. The first-order chi connectivity index (χ1) is 13.5. The van der Waals surface area contributed by atoms with Crippen LogP contribution in [-0.2, 0) is 11.4 Å². The van der Waals surface area contributed by atoms with Gasteiger partial charge in [0.1, 0.15) is 18.2 Å². The van der Waals surface area contributed by atoms with Gasteiger partial charge in [-0.2, -0.15) is 0 Å². The zero-order chi connectivity index (χ0) is 20.1. The van der Waals surface area contributed by atoms with Gasteiger partial charge in [0.25, 0.3) is 5.91 Å². The minimum Gasteiger partial charge on any atom is -0.488 e. The van der Waals surface area contributed by atoms with Crippen LogP contribution >= 0.6 is 34.4 Å². The predicted octanol–water partition coefficient (Wildman–Crippen LogP) is 5.32. The second-order valence-corrected chi connectivity index (χ2v) is 8.16. The number of ether oxygens (including phenoxy) is 1. The van der Waals surface area contributed by atoms with E-state index in [9.17, 15) is 9.18 Å². The van der Waals surface area contributed by atoms with E-state index < -0.39 is 0 Å². The molecule has 1 saturated heterocycles. The van der Waals surface area contributed by atoms with Crippen molar-refractivity contribution in [1.29, 1.82) is 0 Å². The zero-order valence-electron chi connectivity index (χ0n) is 15.6. The Balaban J connectivity index is 1.75. The molecule has 1 aliphatic rings. The Morgan fingerprint density at radius 3 is 2.71 bits per heavy atom. The van der Waals surface area contributed by atoms with Gasteiger partial charge >= 0.3 is 0 Å². The zero-order valence-corrected chi connectivity index (χ0v) is 18.6. The van der Waals surface area contributed by atoms with Crippen LogP contribution in [0.2, 0.25) is 0 Å². The molecule has 1 fully saturated rings. The SMILES string of the molecule is CCN=C1S/C(=C\c2ccc(OCc3ccccc3F)c(I)c2)C(=O)N1CC. The number of hydrogen-bond donors (Lipinski definition) is 0. The highest BCUT2D eigenvalue weighted by Crippen LogP contribution is 2.33. The quantitative estimate of drug-likeness (QED) is 0.390. The molecule has 1 aliphatic heterocycles. The van der Waals surface area contributed by atoms with Gasteiger partial charge < -0.3 is 4.74 Å². The van der Waals surface area contributed by atoms with E-state index in [4.69, 9.17) is 4.74 Å². The Morgan fingerprint density at radius 2 is 2.04 bits per heavy atom. The second-order valence-electron chi connectivity index (χ2n) is 5.99. The van der Waals surface area contributed by atoms with E-state index in [0.717, 1.165) is 14.3 Å². The van der Waals surface area contributed by atoms with Crippen molar-refractivity contribution in [3.05, 3.63) is 67.9 Å². The minimum atomic E-state index is -0.277. The van der Waals surface area contributed by atoms with Crippen molar-refractivity contribution in [3.8, 4) is 5.75 Å². The molecule has 1 heterocycles. The van der Waals surface area contributed by atoms with Gasteiger partial charge in [-0.15, -0.1) is 0 Å². The summed E-state index contributed by atoms with van der Waals surface area (Å²) in [4.78, 5) is 19.3. The topological polar surface area (TPSA) is 41.9 Å². The first-order valence-electron chi connectivity index (χ1n) is 8.95. The molecule has 1 amide bonds. The first-order valence-corrected chi connectivity index (χ1v) is 10.8. The van der Waals surface area contributed by atoms with Gasteiger partial charge in [0.05, 0.1) is 8.48 Å². The number of carbonyl (C=O) groups excluding carboxylic acids is 1. The molecule has 0 unspecified atom stereocenters. The van der Waals surface area contributed by atoms with Gasteiger partial charge in [-0.1, -0.05) is 24.3 Å². The van der Waals surface area contributed by atoms with Gasteiger partial charge in [-0.25, -0.2) is 4.39 Å². The summed E-state index contributed by atoms with van der Waals surface area (Å²) in [5, 5.41) is 0.751. The van der Waals surface area contributed by atoms with Crippen LogP contribution in [0, 0.1) is 9.39 Å². The summed E-state index contributed by atoms with van der Waals surface area (Å²) in [6, 6.07) is 12.3. The van der Waals surface area contributed by atoms with Crippen LogP contribution in [0.3, 0.4) is 0 Å². The molecule has 4 nitrogen and oxygen atoms in total. The average molecular weight is 510 g/mol. The summed E-state index contributed by atoms with van der Waals surface area (Å²) < 4.78 is 20.4. The first kappa shape index (κ1) is 20.9. The lowest BCUT2D eigenvalue weighted by Crippen LogP contribution is -2.28. The number of carbonyl (C=O) groups is 1. The van der Waals surface area contributed by atoms with Crippen LogP contribution in [0.15, 0.2) is 52.4 Å². The number of amidine groups is 1. The van der Waals surface area contributed by atoms with Crippen molar-refractivity contribution < 1.29 is 13.9 Å². The number of hydrogen-bond acceptors (Lipinski definition) is 4. The molecule has 0 bridgehead atoms. The number of rotatable bonds is 6. The van der Waals surface area contributed by atoms with Crippen LogP contribution in [0.25, 0.3) is 6.08 Å². The highest BCUT2D eigenvalue weighted by atomic mass is 127. The van der Waals surface area contributed by atoms with Gasteiger partial charge in [0.2, 0.25) is 0 Å². The third kappa shape index (κ3) is 4.75. The Bertz CT molecular complexity index is 946. The maximum absolute atomic E-state index is 13.7. The highest BCUT2D eigenvalue weighted by Gasteiger charge is 2.31. The van der Waals surface area contributed by atoms with Crippen LogP contribution in [-0.4, -0.2) is 29.1 Å². The second kappa shape index (κ2) is 9.56. The van der Waals surface area contributed by atoms with E-state index >= 15 is 0 Å². The molecule has 0 aromatic heterocycles. The maximum atomic E-state index is 13.7. The molecule has 0 aliphatic carbocycles. The molecule has 2 aromatic carbocycles. The number of thioether (sulfide) groups is 1. The van der Waals surface area contributed by atoms with Crippen molar-refractivity contribution in [2.24, 2.45) is 4.99 Å². The van der Waals surface area contributed by atoms with Gasteiger partial charge in [-0.3, -0.25) is 14.7 Å². The third-order valence-electron chi connectivity index (χ3n) is 4.09. The van der Waals surface area contributed by atoms with E-state index in [1.165, 1.54) is 17.8 Å². The van der Waals surface area contributed by atoms with E-state index in [1.807, 2.05) is 38.1 Å². The molecular formula is C21H20FIN2O2S. The number of halogens is 2. The molecule has 146 valence electrons. The molecule has 28 heavy (non-hydrogen) atoms. The Hall–Kier alpha value is -1.87. The van der Waals surface area contributed by atoms with Crippen LogP contribution < -0.4 is 4.74 Å². The lowest BCUT2D eigenvalue weighted by atomic mass is 10.2. The summed E-state index contributed by atoms with van der Waals surface area (Å²) in [7, 11) is 0. The monoisotopic (exact) mass is 510 g/mol. The molecule has 3 rings (SSSR count). The summed E-state index contributed by atoms with van der Waals surface area (Å²) in [6.45, 7) is 5.31. The largest absolute Gasteiger partial charge is 0.488 e. The van der Waals surface area contributed by atoms with Crippen LogP contribution in [0.1, 0.15) is 25.0 Å². The fourth-order valence-electron chi connectivity index (χ4n) is 2.69.